The van der Waals surface area contributed by atoms with Crippen molar-refractivity contribution in [2.75, 3.05) is 0 Å². The van der Waals surface area contributed by atoms with Crippen molar-refractivity contribution in [3.05, 3.63) is 70.8 Å². The molecule has 2 N–H and O–H groups in total. The number of aliphatic hydroxyl groups is 1. The number of rotatable bonds is 5. The summed E-state index contributed by atoms with van der Waals surface area (Å²) in [5, 5.41) is 13.1. The minimum Gasteiger partial charge on any atom is -0.391 e. The number of aliphatic hydroxyl groups excluding tert-OH is 1. The van der Waals surface area contributed by atoms with E-state index < -0.39 is 6.10 Å². The molecule has 0 fully saturated rings. The highest BCUT2D eigenvalue weighted by atomic mass is 16.3. The molecular weight excluding hydrogens is 274 g/mol. The molecule has 22 heavy (non-hydrogen) atoms. The van der Waals surface area contributed by atoms with Crippen molar-refractivity contribution in [3.8, 4) is 0 Å². The molecule has 2 rings (SSSR count). The van der Waals surface area contributed by atoms with Crippen LogP contribution in [-0.4, -0.2) is 23.2 Å². The second-order valence-electron chi connectivity index (χ2n) is 5.90. The lowest BCUT2D eigenvalue weighted by Crippen LogP contribution is -2.42. The number of benzene rings is 2. The van der Waals surface area contributed by atoms with E-state index >= 15 is 0 Å². The molecule has 2 aromatic carbocycles. The van der Waals surface area contributed by atoms with Crippen LogP contribution in [0.25, 0.3) is 0 Å². The molecule has 0 spiro atoms. The van der Waals surface area contributed by atoms with Crippen molar-refractivity contribution >= 4 is 5.91 Å². The predicted octanol–water partition coefficient (Wildman–Crippen LogP) is 3.03. The van der Waals surface area contributed by atoms with E-state index in [4.69, 9.17) is 0 Å². The fourth-order valence-corrected chi connectivity index (χ4v) is 2.52. The van der Waals surface area contributed by atoms with Crippen LogP contribution in [0.3, 0.4) is 0 Å². The lowest BCUT2D eigenvalue weighted by atomic mass is 10.0. The van der Waals surface area contributed by atoms with E-state index in [2.05, 4.69) is 5.32 Å². The molecule has 0 aliphatic carbocycles. The molecule has 2 atom stereocenters. The van der Waals surface area contributed by atoms with Crippen molar-refractivity contribution in [1.29, 1.82) is 0 Å². The fraction of sp³-hybridized carbons (Fsp3) is 0.316. The predicted molar refractivity (Wildman–Crippen MR) is 89.0 cm³/mol. The molecule has 0 radical (unpaired) electrons. The summed E-state index contributed by atoms with van der Waals surface area (Å²) >= 11 is 0. The summed E-state index contributed by atoms with van der Waals surface area (Å²) in [7, 11) is 0. The van der Waals surface area contributed by atoms with Gasteiger partial charge >= 0.3 is 0 Å². The van der Waals surface area contributed by atoms with Crippen molar-refractivity contribution in [2.45, 2.75) is 39.3 Å². The minimum absolute atomic E-state index is 0.147. The van der Waals surface area contributed by atoms with E-state index in [0.717, 1.165) is 16.7 Å². The van der Waals surface area contributed by atoms with Crippen molar-refractivity contribution in [3.63, 3.8) is 0 Å². The molecule has 0 aromatic heterocycles. The molecule has 0 saturated carbocycles. The smallest absolute Gasteiger partial charge is 0.251 e. The van der Waals surface area contributed by atoms with Crippen LogP contribution in [0, 0.1) is 13.8 Å². The number of hydrogen-bond acceptors (Lipinski definition) is 2. The summed E-state index contributed by atoms with van der Waals surface area (Å²) in [6.07, 6.45) is -0.0907. The zero-order chi connectivity index (χ0) is 16.1. The zero-order valence-electron chi connectivity index (χ0n) is 13.3. The molecule has 2 aromatic rings. The Morgan fingerprint density at radius 3 is 2.27 bits per heavy atom. The highest BCUT2D eigenvalue weighted by Gasteiger charge is 2.18. The van der Waals surface area contributed by atoms with Gasteiger partial charge in [0.05, 0.1) is 12.1 Å². The second-order valence-corrected chi connectivity index (χ2v) is 5.90. The first-order valence-corrected chi connectivity index (χ1v) is 7.57. The largest absolute Gasteiger partial charge is 0.391 e. The third-order valence-electron chi connectivity index (χ3n) is 3.71. The van der Waals surface area contributed by atoms with Crippen LogP contribution in [0.1, 0.15) is 34.0 Å². The van der Waals surface area contributed by atoms with E-state index in [1.165, 1.54) is 0 Å². The Morgan fingerprint density at radius 2 is 1.68 bits per heavy atom. The van der Waals surface area contributed by atoms with E-state index in [9.17, 15) is 9.90 Å². The maximum atomic E-state index is 12.3. The Labute approximate surface area is 132 Å². The number of hydrogen-bond donors (Lipinski definition) is 2. The van der Waals surface area contributed by atoms with Crippen LogP contribution >= 0.6 is 0 Å². The lowest BCUT2D eigenvalue weighted by molar-refractivity contribution is 0.0851. The lowest BCUT2D eigenvalue weighted by Gasteiger charge is -2.20. The van der Waals surface area contributed by atoms with Gasteiger partial charge < -0.3 is 10.4 Å². The number of nitrogens with one attached hydrogen (secondary N) is 1. The van der Waals surface area contributed by atoms with Gasteiger partial charge in [0.2, 0.25) is 0 Å². The summed E-state index contributed by atoms with van der Waals surface area (Å²) in [4.78, 5) is 12.3. The van der Waals surface area contributed by atoms with Crippen LogP contribution in [0.2, 0.25) is 0 Å². The molecule has 0 aliphatic heterocycles. The molecule has 0 saturated heterocycles. The van der Waals surface area contributed by atoms with Crippen molar-refractivity contribution in [1.82, 2.24) is 5.32 Å². The minimum atomic E-state index is -0.614. The van der Waals surface area contributed by atoms with Gasteiger partial charge in [0.15, 0.2) is 0 Å². The second kappa shape index (κ2) is 7.23. The Hall–Kier alpha value is -2.13. The summed E-state index contributed by atoms with van der Waals surface area (Å²) in [6.45, 7) is 5.77. The Bertz CT molecular complexity index is 617. The van der Waals surface area contributed by atoms with Gasteiger partial charge in [-0.25, -0.2) is 0 Å². The van der Waals surface area contributed by atoms with Gasteiger partial charge in [-0.3, -0.25) is 4.79 Å². The molecule has 3 nitrogen and oxygen atoms in total. The van der Waals surface area contributed by atoms with Gasteiger partial charge in [0.1, 0.15) is 0 Å². The normalized spacial score (nSPS) is 13.5. The van der Waals surface area contributed by atoms with Gasteiger partial charge in [0.25, 0.3) is 5.91 Å². The van der Waals surface area contributed by atoms with Gasteiger partial charge in [-0.1, -0.05) is 47.5 Å². The Morgan fingerprint density at radius 1 is 1.09 bits per heavy atom. The number of aryl methyl sites for hydroxylation is 2. The first-order valence-electron chi connectivity index (χ1n) is 7.57. The summed E-state index contributed by atoms with van der Waals surface area (Å²) < 4.78 is 0. The summed E-state index contributed by atoms with van der Waals surface area (Å²) in [6, 6.07) is 15.2. The van der Waals surface area contributed by atoms with Crippen LogP contribution in [0.5, 0.6) is 0 Å². The van der Waals surface area contributed by atoms with Crippen molar-refractivity contribution in [2.24, 2.45) is 0 Å². The average molecular weight is 297 g/mol. The molecule has 0 bridgehead atoms. The van der Waals surface area contributed by atoms with Crippen molar-refractivity contribution < 1.29 is 9.90 Å². The van der Waals surface area contributed by atoms with E-state index in [-0.39, 0.29) is 11.9 Å². The summed E-state index contributed by atoms with van der Waals surface area (Å²) in [5.41, 5.74) is 3.81. The van der Waals surface area contributed by atoms with Crippen LogP contribution in [0.4, 0.5) is 0 Å². The molecule has 0 heterocycles. The third kappa shape index (κ3) is 4.43. The maximum absolute atomic E-state index is 12.3. The number of carbonyl (C=O) groups is 1. The standard InChI is InChI=1S/C19H23NO2/c1-13-9-14(2)11-17(10-13)19(22)20-15(3)18(21)12-16-7-5-4-6-8-16/h4-11,15,18,21H,12H2,1-3H3,(H,20,22). The highest BCUT2D eigenvalue weighted by Crippen LogP contribution is 2.10. The van der Waals surface area contributed by atoms with Gasteiger partial charge in [-0.05, 0) is 38.5 Å². The van der Waals surface area contributed by atoms with E-state index in [1.807, 2.05) is 69.3 Å². The Kier molecular flexibility index (Phi) is 5.34. The number of carbonyl (C=O) groups excluding carboxylic acids is 1. The summed E-state index contributed by atoms with van der Waals surface area (Å²) in [5.74, 6) is -0.147. The maximum Gasteiger partial charge on any atom is 0.251 e. The van der Waals surface area contributed by atoms with Gasteiger partial charge in [0, 0.05) is 12.0 Å². The van der Waals surface area contributed by atoms with Gasteiger partial charge in [-0.2, -0.15) is 0 Å². The van der Waals surface area contributed by atoms with Crippen LogP contribution in [-0.2, 0) is 6.42 Å². The molecular formula is C19H23NO2. The quantitative estimate of drug-likeness (QED) is 0.891. The molecule has 0 aliphatic rings. The van der Waals surface area contributed by atoms with Crippen LogP contribution in [0.15, 0.2) is 48.5 Å². The van der Waals surface area contributed by atoms with E-state index in [1.54, 1.807) is 0 Å². The Balaban J connectivity index is 1.98. The SMILES string of the molecule is Cc1cc(C)cc(C(=O)NC(C)C(O)Cc2ccccc2)c1. The molecule has 1 amide bonds. The number of amides is 1. The zero-order valence-corrected chi connectivity index (χ0v) is 13.3. The van der Waals surface area contributed by atoms with Gasteiger partial charge in [-0.15, -0.1) is 0 Å². The fourth-order valence-electron chi connectivity index (χ4n) is 2.52. The topological polar surface area (TPSA) is 49.3 Å². The molecule has 116 valence electrons. The highest BCUT2D eigenvalue weighted by molar-refractivity contribution is 5.94. The van der Waals surface area contributed by atoms with E-state index in [0.29, 0.717) is 12.0 Å². The molecule has 2 unspecified atom stereocenters. The average Bonchev–Trinajstić information content (AvgIpc) is 2.47. The first kappa shape index (κ1) is 16.2. The first-order chi connectivity index (χ1) is 10.5. The monoisotopic (exact) mass is 297 g/mol. The van der Waals surface area contributed by atoms with Crippen LogP contribution < -0.4 is 5.32 Å². The molecule has 3 heteroatoms. The third-order valence-corrected chi connectivity index (χ3v) is 3.71.